The van der Waals surface area contributed by atoms with Crippen molar-refractivity contribution in [3.8, 4) is 11.5 Å². The Hall–Kier alpha value is -2.96. The predicted molar refractivity (Wildman–Crippen MR) is 101 cm³/mol. The first-order valence-electron chi connectivity index (χ1n) is 9.41. The first-order valence-corrected chi connectivity index (χ1v) is 9.41. The molecule has 1 aromatic carbocycles. The number of amides is 2. The molecule has 0 saturated heterocycles. The van der Waals surface area contributed by atoms with Gasteiger partial charge < -0.3 is 24.1 Å². The Labute approximate surface area is 163 Å². The maximum atomic E-state index is 13.2. The van der Waals surface area contributed by atoms with E-state index in [1.54, 1.807) is 37.5 Å². The number of hydrogen-bond donors (Lipinski definition) is 1. The van der Waals surface area contributed by atoms with E-state index in [0.717, 1.165) is 17.5 Å². The van der Waals surface area contributed by atoms with Crippen LogP contribution in [0.4, 0.5) is 0 Å². The van der Waals surface area contributed by atoms with E-state index >= 15 is 0 Å². The van der Waals surface area contributed by atoms with Gasteiger partial charge in [-0.15, -0.1) is 0 Å². The minimum absolute atomic E-state index is 0.0927. The summed E-state index contributed by atoms with van der Waals surface area (Å²) in [6.07, 6.45) is 3.47. The zero-order valence-electron chi connectivity index (χ0n) is 16.1. The van der Waals surface area contributed by atoms with Crippen LogP contribution >= 0.6 is 0 Å². The van der Waals surface area contributed by atoms with Crippen LogP contribution in [0.2, 0.25) is 0 Å². The van der Waals surface area contributed by atoms with Gasteiger partial charge in [0.1, 0.15) is 11.2 Å². The zero-order chi connectivity index (χ0) is 19.7. The van der Waals surface area contributed by atoms with E-state index in [2.05, 4.69) is 5.32 Å². The van der Waals surface area contributed by atoms with E-state index in [9.17, 15) is 9.59 Å². The van der Waals surface area contributed by atoms with Crippen LogP contribution in [0.5, 0.6) is 11.5 Å². The van der Waals surface area contributed by atoms with E-state index in [4.69, 9.17) is 13.9 Å². The Morgan fingerprint density at radius 2 is 1.89 bits per heavy atom. The van der Waals surface area contributed by atoms with Crippen LogP contribution < -0.4 is 14.8 Å². The average molecular weight is 384 g/mol. The van der Waals surface area contributed by atoms with Crippen molar-refractivity contribution in [1.29, 1.82) is 0 Å². The standard InChI is InChI=1S/C21H24N2O5/c1-26-17-10-14-5-8-23(13-15(14)11-18(17)27-2)20(25)21(6-7-21)19(24)22-12-16-4-3-9-28-16/h3-4,9-11H,5-8,12-13H2,1-2H3,(H,22,24). The lowest BCUT2D eigenvalue weighted by Crippen LogP contribution is -2.46. The quantitative estimate of drug-likeness (QED) is 0.773. The van der Waals surface area contributed by atoms with Crippen molar-refractivity contribution < 1.29 is 23.5 Å². The predicted octanol–water partition coefficient (Wildman–Crippen LogP) is 2.28. The Morgan fingerprint density at radius 3 is 2.50 bits per heavy atom. The summed E-state index contributed by atoms with van der Waals surface area (Å²) >= 11 is 0. The van der Waals surface area contributed by atoms with Crippen LogP contribution in [0.1, 0.15) is 29.7 Å². The van der Waals surface area contributed by atoms with E-state index < -0.39 is 5.41 Å². The van der Waals surface area contributed by atoms with E-state index in [0.29, 0.717) is 49.7 Å². The summed E-state index contributed by atoms with van der Waals surface area (Å²) in [6.45, 7) is 1.36. The van der Waals surface area contributed by atoms with Gasteiger partial charge in [0.05, 0.1) is 27.0 Å². The molecule has 7 nitrogen and oxygen atoms in total. The molecule has 2 aromatic rings. The molecule has 28 heavy (non-hydrogen) atoms. The van der Waals surface area contributed by atoms with Gasteiger partial charge in [0.15, 0.2) is 11.5 Å². The van der Waals surface area contributed by atoms with E-state index in [1.807, 2.05) is 12.1 Å². The highest BCUT2D eigenvalue weighted by Gasteiger charge is 2.58. The summed E-state index contributed by atoms with van der Waals surface area (Å²) in [6, 6.07) is 7.46. The molecule has 1 N–H and O–H groups in total. The Kier molecular flexibility index (Phi) is 4.75. The van der Waals surface area contributed by atoms with Gasteiger partial charge in [-0.1, -0.05) is 0 Å². The number of nitrogens with zero attached hydrogens (tertiary/aromatic N) is 1. The smallest absolute Gasteiger partial charge is 0.238 e. The van der Waals surface area contributed by atoms with Crippen LogP contribution in [0.3, 0.4) is 0 Å². The summed E-state index contributed by atoms with van der Waals surface area (Å²) in [7, 11) is 3.21. The second-order valence-corrected chi connectivity index (χ2v) is 7.30. The Balaban J connectivity index is 1.46. The molecule has 0 radical (unpaired) electrons. The second-order valence-electron chi connectivity index (χ2n) is 7.30. The van der Waals surface area contributed by atoms with Gasteiger partial charge >= 0.3 is 0 Å². The Bertz CT molecular complexity index is 886. The van der Waals surface area contributed by atoms with Crippen LogP contribution in [-0.2, 0) is 29.1 Å². The molecule has 148 valence electrons. The van der Waals surface area contributed by atoms with Crippen molar-refractivity contribution in [2.24, 2.45) is 5.41 Å². The maximum Gasteiger partial charge on any atom is 0.238 e. The lowest BCUT2D eigenvalue weighted by molar-refractivity contribution is -0.145. The summed E-state index contributed by atoms with van der Waals surface area (Å²) in [5.74, 6) is 1.70. The molecule has 0 atom stereocenters. The monoisotopic (exact) mass is 384 g/mol. The first-order chi connectivity index (χ1) is 13.6. The van der Waals surface area contributed by atoms with Gasteiger partial charge in [-0.2, -0.15) is 0 Å². The SMILES string of the molecule is COc1cc2c(cc1OC)CN(C(=O)C1(C(=O)NCc3ccco3)CC1)CC2. The topological polar surface area (TPSA) is 81.0 Å². The third-order valence-electron chi connectivity index (χ3n) is 5.60. The van der Waals surface area contributed by atoms with Crippen LogP contribution in [-0.4, -0.2) is 37.5 Å². The number of fused-ring (bicyclic) bond motifs is 1. The number of methoxy groups -OCH3 is 2. The van der Waals surface area contributed by atoms with Crippen molar-refractivity contribution in [2.75, 3.05) is 20.8 Å². The minimum atomic E-state index is -0.930. The van der Waals surface area contributed by atoms with Gasteiger partial charge in [0, 0.05) is 13.1 Å². The molecule has 1 aromatic heterocycles. The van der Waals surface area contributed by atoms with Crippen molar-refractivity contribution >= 4 is 11.8 Å². The van der Waals surface area contributed by atoms with Crippen molar-refractivity contribution in [2.45, 2.75) is 32.4 Å². The van der Waals surface area contributed by atoms with E-state index in [-0.39, 0.29) is 11.8 Å². The number of ether oxygens (including phenoxy) is 2. The molecule has 1 aliphatic carbocycles. The number of furan rings is 1. The normalized spacial score (nSPS) is 16.9. The molecule has 1 fully saturated rings. The number of benzene rings is 1. The Morgan fingerprint density at radius 1 is 1.18 bits per heavy atom. The molecule has 2 amide bonds. The molecule has 0 unspecified atom stereocenters. The minimum Gasteiger partial charge on any atom is -0.493 e. The number of rotatable bonds is 6. The summed E-state index contributed by atoms with van der Waals surface area (Å²) in [4.78, 5) is 27.6. The van der Waals surface area contributed by atoms with Crippen LogP contribution in [0.25, 0.3) is 0 Å². The van der Waals surface area contributed by atoms with Gasteiger partial charge in [-0.3, -0.25) is 9.59 Å². The lowest BCUT2D eigenvalue weighted by Gasteiger charge is -2.32. The number of carbonyl (C=O) groups excluding carboxylic acids is 2. The van der Waals surface area contributed by atoms with Gasteiger partial charge in [0.2, 0.25) is 11.8 Å². The summed E-state index contributed by atoms with van der Waals surface area (Å²) < 4.78 is 16.0. The number of hydrogen-bond acceptors (Lipinski definition) is 5. The number of carbonyl (C=O) groups is 2. The molecule has 1 aliphatic heterocycles. The van der Waals surface area contributed by atoms with Gasteiger partial charge in [0.25, 0.3) is 0 Å². The van der Waals surface area contributed by atoms with Crippen molar-refractivity contribution in [3.63, 3.8) is 0 Å². The fourth-order valence-electron chi connectivity index (χ4n) is 3.77. The third-order valence-corrected chi connectivity index (χ3v) is 5.60. The molecule has 7 heteroatoms. The molecular formula is C21H24N2O5. The molecule has 2 heterocycles. The largest absolute Gasteiger partial charge is 0.493 e. The van der Waals surface area contributed by atoms with Gasteiger partial charge in [-0.05, 0) is 54.7 Å². The highest BCUT2D eigenvalue weighted by Crippen LogP contribution is 2.48. The highest BCUT2D eigenvalue weighted by molar-refractivity contribution is 6.07. The molecule has 1 saturated carbocycles. The third kappa shape index (κ3) is 3.21. The first kappa shape index (κ1) is 18.4. The van der Waals surface area contributed by atoms with Crippen LogP contribution in [0.15, 0.2) is 34.9 Å². The average Bonchev–Trinajstić information content (AvgIpc) is 3.38. The fourth-order valence-corrected chi connectivity index (χ4v) is 3.77. The van der Waals surface area contributed by atoms with Crippen LogP contribution in [0, 0.1) is 5.41 Å². The fraction of sp³-hybridized carbons (Fsp3) is 0.429. The van der Waals surface area contributed by atoms with E-state index in [1.165, 1.54) is 0 Å². The molecule has 2 aliphatic rings. The van der Waals surface area contributed by atoms with Crippen molar-refractivity contribution in [3.05, 3.63) is 47.4 Å². The van der Waals surface area contributed by atoms with Gasteiger partial charge in [-0.25, -0.2) is 0 Å². The lowest BCUT2D eigenvalue weighted by atomic mass is 9.96. The summed E-state index contributed by atoms with van der Waals surface area (Å²) in [5.41, 5.74) is 1.25. The number of nitrogens with one attached hydrogen (secondary N) is 1. The summed E-state index contributed by atoms with van der Waals surface area (Å²) in [5, 5.41) is 2.84. The zero-order valence-corrected chi connectivity index (χ0v) is 16.1. The second kappa shape index (κ2) is 7.22. The molecular weight excluding hydrogens is 360 g/mol. The highest BCUT2D eigenvalue weighted by atomic mass is 16.5. The maximum absolute atomic E-state index is 13.2. The molecule has 0 spiro atoms. The van der Waals surface area contributed by atoms with Crippen molar-refractivity contribution in [1.82, 2.24) is 10.2 Å². The molecule has 0 bridgehead atoms. The molecule has 4 rings (SSSR count).